The Morgan fingerprint density at radius 1 is 1.16 bits per heavy atom. The van der Waals surface area contributed by atoms with E-state index in [1.54, 1.807) is 13.1 Å². The number of fused-ring (bicyclic) bond motifs is 1. The van der Waals surface area contributed by atoms with Crippen LogP contribution in [-0.2, 0) is 13.0 Å². The molecule has 4 rings (SSSR count). The molecule has 0 spiro atoms. The molecular formula is C24H29FN6O. The van der Waals surface area contributed by atoms with E-state index in [2.05, 4.69) is 25.9 Å². The van der Waals surface area contributed by atoms with Crippen molar-refractivity contribution in [1.29, 1.82) is 0 Å². The van der Waals surface area contributed by atoms with Gasteiger partial charge in [-0.2, -0.15) is 0 Å². The van der Waals surface area contributed by atoms with E-state index in [1.807, 2.05) is 35.4 Å². The largest absolute Gasteiger partial charge is 0.361 e. The Morgan fingerprint density at radius 2 is 2.00 bits per heavy atom. The van der Waals surface area contributed by atoms with Crippen LogP contribution in [0.25, 0.3) is 10.9 Å². The van der Waals surface area contributed by atoms with Crippen LogP contribution >= 0.6 is 0 Å². The second-order valence-electron chi connectivity index (χ2n) is 7.93. The Morgan fingerprint density at radius 3 is 2.81 bits per heavy atom. The number of aromatic nitrogens is 1. The summed E-state index contributed by atoms with van der Waals surface area (Å²) in [5.41, 5.74) is 3.77. The number of H-pyrrole nitrogens is 1. The first-order chi connectivity index (χ1) is 15.6. The summed E-state index contributed by atoms with van der Waals surface area (Å²) in [7, 11) is 1.73. The van der Waals surface area contributed by atoms with Gasteiger partial charge >= 0.3 is 6.03 Å². The van der Waals surface area contributed by atoms with Gasteiger partial charge in [-0.25, -0.2) is 9.18 Å². The zero-order valence-electron chi connectivity index (χ0n) is 18.2. The molecule has 2 heterocycles. The van der Waals surface area contributed by atoms with Crippen LogP contribution < -0.4 is 16.0 Å². The minimum absolute atomic E-state index is 0.0369. The molecule has 0 aliphatic carbocycles. The number of likely N-dealkylation sites (tertiary alicyclic amines) is 1. The topological polar surface area (TPSA) is 84.5 Å². The maximum Gasteiger partial charge on any atom is 0.321 e. The molecule has 1 saturated heterocycles. The van der Waals surface area contributed by atoms with Crippen molar-refractivity contribution in [1.82, 2.24) is 20.5 Å². The molecule has 0 saturated carbocycles. The van der Waals surface area contributed by atoms with Crippen molar-refractivity contribution in [2.24, 2.45) is 4.99 Å². The van der Waals surface area contributed by atoms with Crippen LogP contribution in [0.2, 0.25) is 0 Å². The third-order valence-corrected chi connectivity index (χ3v) is 5.67. The minimum atomic E-state index is -0.242. The molecule has 1 aromatic heterocycles. The number of hydrogen-bond acceptors (Lipinski definition) is 2. The summed E-state index contributed by atoms with van der Waals surface area (Å²) < 4.78 is 13.4. The number of guanidine groups is 1. The van der Waals surface area contributed by atoms with E-state index in [9.17, 15) is 9.18 Å². The van der Waals surface area contributed by atoms with E-state index in [4.69, 9.17) is 0 Å². The van der Waals surface area contributed by atoms with E-state index in [0.717, 1.165) is 60.1 Å². The zero-order chi connectivity index (χ0) is 22.3. The second kappa shape index (κ2) is 10.2. The van der Waals surface area contributed by atoms with Crippen LogP contribution in [0, 0.1) is 5.82 Å². The van der Waals surface area contributed by atoms with Crippen LogP contribution in [0.5, 0.6) is 0 Å². The average molecular weight is 437 g/mol. The van der Waals surface area contributed by atoms with Gasteiger partial charge in [-0.3, -0.25) is 4.99 Å². The molecule has 1 aliphatic rings. The highest BCUT2D eigenvalue weighted by Gasteiger charge is 2.17. The summed E-state index contributed by atoms with van der Waals surface area (Å²) in [5, 5.41) is 10.6. The summed E-state index contributed by atoms with van der Waals surface area (Å²) in [4.78, 5) is 21.5. The summed E-state index contributed by atoms with van der Waals surface area (Å²) in [5.74, 6) is 0.454. The Bertz CT molecular complexity index is 1100. The molecule has 2 aromatic carbocycles. The molecule has 0 radical (unpaired) electrons. The normalized spacial score (nSPS) is 14.1. The Kier molecular flexibility index (Phi) is 6.89. The zero-order valence-corrected chi connectivity index (χ0v) is 18.2. The lowest BCUT2D eigenvalue weighted by atomic mass is 10.1. The van der Waals surface area contributed by atoms with Crippen molar-refractivity contribution >= 4 is 28.6 Å². The molecule has 0 atom stereocenters. The first-order valence-corrected chi connectivity index (χ1v) is 11.0. The highest BCUT2D eigenvalue weighted by atomic mass is 19.1. The molecule has 3 aromatic rings. The maximum atomic E-state index is 13.4. The summed E-state index contributed by atoms with van der Waals surface area (Å²) in [6.45, 7) is 2.92. The molecule has 168 valence electrons. The number of urea groups is 1. The van der Waals surface area contributed by atoms with E-state index < -0.39 is 0 Å². The molecule has 2 amide bonds. The fraction of sp³-hybridized carbons (Fsp3) is 0.333. The van der Waals surface area contributed by atoms with Crippen LogP contribution in [-0.4, -0.2) is 48.6 Å². The number of nitrogens with zero attached hydrogens (tertiary/aromatic N) is 2. The summed E-state index contributed by atoms with van der Waals surface area (Å²) in [6.07, 6.45) is 4.85. The maximum absolute atomic E-state index is 13.4. The van der Waals surface area contributed by atoms with Gasteiger partial charge in [0, 0.05) is 56.0 Å². The first-order valence-electron chi connectivity index (χ1n) is 11.0. The lowest BCUT2D eigenvalue weighted by molar-refractivity contribution is 0.222. The SMILES string of the molecule is CN=C(NCCc1c[nH]c2cc(F)ccc12)NCc1cccc(NC(=O)N2CCCC2)c1. The van der Waals surface area contributed by atoms with Gasteiger partial charge in [0.1, 0.15) is 5.82 Å². The standard InChI is InChI=1S/C24H29FN6O/c1-26-23(27-10-9-18-16-28-22-14-19(25)7-8-21(18)22)29-15-17-5-4-6-20(13-17)30-24(32)31-11-2-3-12-31/h4-8,13-14,16,28H,2-3,9-12,15H2,1H3,(H,30,32)(H2,26,27,29). The van der Waals surface area contributed by atoms with Crippen molar-refractivity contribution in [3.05, 3.63) is 65.6 Å². The van der Waals surface area contributed by atoms with Gasteiger partial charge in [0.25, 0.3) is 0 Å². The first kappa shape index (κ1) is 21.7. The van der Waals surface area contributed by atoms with Crippen molar-refractivity contribution in [3.63, 3.8) is 0 Å². The lowest BCUT2D eigenvalue weighted by Crippen LogP contribution is -2.37. The van der Waals surface area contributed by atoms with Crippen LogP contribution in [0.1, 0.15) is 24.0 Å². The number of nitrogens with one attached hydrogen (secondary N) is 4. The number of carbonyl (C=O) groups excluding carboxylic acids is 1. The third-order valence-electron chi connectivity index (χ3n) is 5.67. The van der Waals surface area contributed by atoms with Crippen molar-refractivity contribution in [2.75, 3.05) is 32.0 Å². The summed E-state index contributed by atoms with van der Waals surface area (Å²) >= 11 is 0. The van der Waals surface area contributed by atoms with Gasteiger partial charge in [-0.15, -0.1) is 0 Å². The molecule has 32 heavy (non-hydrogen) atoms. The van der Waals surface area contributed by atoms with Crippen molar-refractivity contribution in [3.8, 4) is 0 Å². The van der Waals surface area contributed by atoms with Gasteiger partial charge in [0.05, 0.1) is 0 Å². The Labute approximate surface area is 187 Å². The molecule has 8 heteroatoms. The molecule has 0 bridgehead atoms. The molecule has 7 nitrogen and oxygen atoms in total. The quantitative estimate of drug-likeness (QED) is 0.350. The number of carbonyl (C=O) groups is 1. The molecule has 1 fully saturated rings. The monoisotopic (exact) mass is 436 g/mol. The number of rotatable bonds is 6. The molecule has 4 N–H and O–H groups in total. The molecule has 0 unspecified atom stereocenters. The average Bonchev–Trinajstić information content (AvgIpc) is 3.47. The van der Waals surface area contributed by atoms with Crippen LogP contribution in [0.15, 0.2) is 53.7 Å². The number of anilines is 1. The fourth-order valence-corrected chi connectivity index (χ4v) is 3.97. The minimum Gasteiger partial charge on any atom is -0.361 e. The van der Waals surface area contributed by atoms with E-state index in [0.29, 0.717) is 19.0 Å². The number of halogens is 1. The number of hydrogen-bond donors (Lipinski definition) is 4. The van der Waals surface area contributed by atoms with Gasteiger partial charge in [0.15, 0.2) is 5.96 Å². The predicted octanol–water partition coefficient (Wildman–Crippen LogP) is 3.84. The van der Waals surface area contributed by atoms with Gasteiger partial charge in [0.2, 0.25) is 0 Å². The Balaban J connectivity index is 1.26. The third kappa shape index (κ3) is 5.38. The van der Waals surface area contributed by atoms with Gasteiger partial charge in [-0.05, 0) is 60.7 Å². The second-order valence-corrected chi connectivity index (χ2v) is 7.93. The number of aliphatic imine (C=N–C) groups is 1. The smallest absolute Gasteiger partial charge is 0.321 e. The van der Waals surface area contributed by atoms with E-state index in [-0.39, 0.29) is 11.8 Å². The van der Waals surface area contributed by atoms with Crippen LogP contribution in [0.3, 0.4) is 0 Å². The van der Waals surface area contributed by atoms with E-state index >= 15 is 0 Å². The van der Waals surface area contributed by atoms with Crippen molar-refractivity contribution in [2.45, 2.75) is 25.8 Å². The number of amides is 2. The molecular weight excluding hydrogens is 407 g/mol. The highest BCUT2D eigenvalue weighted by molar-refractivity contribution is 5.89. The fourth-order valence-electron chi connectivity index (χ4n) is 3.97. The number of aromatic amines is 1. The summed E-state index contributed by atoms with van der Waals surface area (Å²) in [6, 6.07) is 12.6. The van der Waals surface area contributed by atoms with Gasteiger partial charge in [-0.1, -0.05) is 12.1 Å². The van der Waals surface area contributed by atoms with Crippen molar-refractivity contribution < 1.29 is 9.18 Å². The molecule has 1 aliphatic heterocycles. The lowest BCUT2D eigenvalue weighted by Gasteiger charge is -2.17. The Hall–Kier alpha value is -3.55. The van der Waals surface area contributed by atoms with Crippen LogP contribution in [0.4, 0.5) is 14.9 Å². The van der Waals surface area contributed by atoms with E-state index in [1.165, 1.54) is 12.1 Å². The highest BCUT2D eigenvalue weighted by Crippen LogP contribution is 2.19. The van der Waals surface area contributed by atoms with Gasteiger partial charge < -0.3 is 25.8 Å². The number of benzene rings is 2. The predicted molar refractivity (Wildman–Crippen MR) is 126 cm³/mol.